The monoisotopic (exact) mass is 279 g/mol. The van der Waals surface area contributed by atoms with Gasteiger partial charge in [0.25, 0.3) is 5.91 Å². The van der Waals surface area contributed by atoms with Crippen LogP contribution in [0.4, 0.5) is 5.69 Å². The fourth-order valence-electron chi connectivity index (χ4n) is 2.24. The molecule has 1 fully saturated rings. The lowest BCUT2D eigenvalue weighted by Crippen LogP contribution is -2.30. The van der Waals surface area contributed by atoms with Gasteiger partial charge >= 0.3 is 0 Å². The summed E-state index contributed by atoms with van der Waals surface area (Å²) >= 11 is 0. The minimum atomic E-state index is -0.871. The van der Waals surface area contributed by atoms with E-state index in [0.717, 1.165) is 24.3 Å². The van der Waals surface area contributed by atoms with Crippen LogP contribution in [-0.2, 0) is 0 Å². The van der Waals surface area contributed by atoms with Crippen LogP contribution in [0.25, 0.3) is 0 Å². The summed E-state index contributed by atoms with van der Waals surface area (Å²) in [6.07, 6.45) is 0.761. The third-order valence-corrected chi connectivity index (χ3v) is 3.38. The average Bonchev–Trinajstić information content (AvgIpc) is 2.76. The van der Waals surface area contributed by atoms with Gasteiger partial charge in [0.05, 0.1) is 23.5 Å². The van der Waals surface area contributed by atoms with Crippen molar-refractivity contribution in [1.82, 2.24) is 9.88 Å². The normalized spacial score (nSPS) is 22.1. The summed E-state index contributed by atoms with van der Waals surface area (Å²) in [4.78, 5) is 18.1. The first kappa shape index (κ1) is 14.7. The minimum absolute atomic E-state index is 0.154. The molecule has 1 amide bonds. The number of hydrogen-bond donors (Lipinski definition) is 3. The number of aryl methyl sites for hydroxylation is 1. The van der Waals surface area contributed by atoms with E-state index in [4.69, 9.17) is 0 Å². The first-order valence-corrected chi connectivity index (χ1v) is 6.88. The van der Waals surface area contributed by atoms with Crippen LogP contribution in [0, 0.1) is 6.92 Å². The number of aliphatic hydroxyl groups excluding tert-OH is 2. The number of amides is 1. The number of rotatable bonds is 4. The van der Waals surface area contributed by atoms with Crippen molar-refractivity contribution in [3.63, 3.8) is 0 Å². The highest BCUT2D eigenvalue weighted by Crippen LogP contribution is 2.21. The Bertz CT molecular complexity index is 483. The zero-order chi connectivity index (χ0) is 14.7. The van der Waals surface area contributed by atoms with Gasteiger partial charge in [-0.3, -0.25) is 9.78 Å². The van der Waals surface area contributed by atoms with Crippen LogP contribution in [-0.4, -0.2) is 57.8 Å². The number of hydrogen-bond acceptors (Lipinski definition) is 5. The Morgan fingerprint density at radius 2 is 2.10 bits per heavy atom. The van der Waals surface area contributed by atoms with Crippen LogP contribution in [0.3, 0.4) is 0 Å². The fraction of sp³-hybridized carbons (Fsp3) is 0.571. The third-order valence-electron chi connectivity index (χ3n) is 3.38. The van der Waals surface area contributed by atoms with E-state index in [1.807, 2.05) is 13.0 Å². The Balaban J connectivity index is 2.21. The molecule has 2 atom stereocenters. The second-order valence-corrected chi connectivity index (χ2v) is 5.14. The highest BCUT2D eigenvalue weighted by molar-refractivity contribution is 5.99. The number of pyridine rings is 1. The molecule has 0 aliphatic carbocycles. The molecule has 2 unspecified atom stereocenters. The molecule has 1 aliphatic rings. The molecule has 1 saturated heterocycles. The molecule has 6 heteroatoms. The Labute approximate surface area is 118 Å². The maximum absolute atomic E-state index is 12.5. The maximum Gasteiger partial charge on any atom is 0.257 e. The van der Waals surface area contributed by atoms with E-state index in [2.05, 4.69) is 17.2 Å². The molecule has 3 N–H and O–H groups in total. The number of nitrogens with zero attached hydrogens (tertiary/aromatic N) is 2. The molecule has 1 aromatic rings. The van der Waals surface area contributed by atoms with E-state index in [1.54, 1.807) is 6.20 Å². The van der Waals surface area contributed by atoms with E-state index in [0.29, 0.717) is 5.56 Å². The van der Waals surface area contributed by atoms with Gasteiger partial charge in [-0.05, 0) is 19.4 Å². The summed E-state index contributed by atoms with van der Waals surface area (Å²) in [7, 11) is 0. The standard InChI is InChI=1S/C14H21N3O3/c1-3-4-15-11-5-9(2)16-6-10(11)14(20)17-7-12(18)13(19)8-17/h5-6,12-13,18-19H,3-4,7-8H2,1-2H3,(H,15,16). The average molecular weight is 279 g/mol. The largest absolute Gasteiger partial charge is 0.388 e. The highest BCUT2D eigenvalue weighted by Gasteiger charge is 2.33. The molecule has 0 bridgehead atoms. The molecular formula is C14H21N3O3. The van der Waals surface area contributed by atoms with Crippen molar-refractivity contribution in [2.75, 3.05) is 25.0 Å². The van der Waals surface area contributed by atoms with Crippen molar-refractivity contribution in [1.29, 1.82) is 0 Å². The second kappa shape index (κ2) is 6.19. The van der Waals surface area contributed by atoms with Crippen molar-refractivity contribution >= 4 is 11.6 Å². The van der Waals surface area contributed by atoms with Crippen LogP contribution in [0.15, 0.2) is 12.3 Å². The van der Waals surface area contributed by atoms with Crippen LogP contribution >= 0.6 is 0 Å². The zero-order valence-corrected chi connectivity index (χ0v) is 11.8. The lowest BCUT2D eigenvalue weighted by atomic mass is 10.2. The van der Waals surface area contributed by atoms with Gasteiger partial charge in [-0.15, -0.1) is 0 Å². The van der Waals surface area contributed by atoms with Gasteiger partial charge in [0.2, 0.25) is 0 Å². The lowest BCUT2D eigenvalue weighted by molar-refractivity contribution is 0.0572. The number of aromatic nitrogens is 1. The smallest absolute Gasteiger partial charge is 0.257 e. The lowest BCUT2D eigenvalue weighted by Gasteiger charge is -2.18. The third kappa shape index (κ3) is 3.08. The molecule has 110 valence electrons. The SMILES string of the molecule is CCCNc1cc(C)ncc1C(=O)N1CC(O)C(O)C1. The highest BCUT2D eigenvalue weighted by atomic mass is 16.3. The molecular weight excluding hydrogens is 258 g/mol. The summed E-state index contributed by atoms with van der Waals surface area (Å²) in [6, 6.07) is 1.84. The summed E-state index contributed by atoms with van der Waals surface area (Å²) in [5, 5.41) is 22.3. The van der Waals surface area contributed by atoms with E-state index >= 15 is 0 Å². The molecule has 0 aromatic carbocycles. The van der Waals surface area contributed by atoms with Crippen molar-refractivity contribution in [2.45, 2.75) is 32.5 Å². The predicted molar refractivity (Wildman–Crippen MR) is 75.7 cm³/mol. The molecule has 0 spiro atoms. The molecule has 1 aromatic heterocycles. The minimum Gasteiger partial charge on any atom is -0.388 e. The molecule has 0 saturated carbocycles. The van der Waals surface area contributed by atoms with Gasteiger partial charge in [0, 0.05) is 31.5 Å². The molecule has 20 heavy (non-hydrogen) atoms. The van der Waals surface area contributed by atoms with Crippen LogP contribution in [0.2, 0.25) is 0 Å². The molecule has 2 heterocycles. The van der Waals surface area contributed by atoms with Crippen LogP contribution < -0.4 is 5.32 Å². The van der Waals surface area contributed by atoms with Gasteiger partial charge in [0.15, 0.2) is 0 Å². The second-order valence-electron chi connectivity index (χ2n) is 5.14. The quantitative estimate of drug-likeness (QED) is 0.742. The molecule has 6 nitrogen and oxygen atoms in total. The Morgan fingerprint density at radius 1 is 1.45 bits per heavy atom. The topological polar surface area (TPSA) is 85.7 Å². The van der Waals surface area contributed by atoms with E-state index in [9.17, 15) is 15.0 Å². The van der Waals surface area contributed by atoms with Crippen LogP contribution in [0.5, 0.6) is 0 Å². The van der Waals surface area contributed by atoms with Crippen molar-refractivity contribution in [2.24, 2.45) is 0 Å². The number of anilines is 1. The van der Waals surface area contributed by atoms with Crippen molar-refractivity contribution < 1.29 is 15.0 Å². The van der Waals surface area contributed by atoms with Gasteiger partial charge in [0.1, 0.15) is 0 Å². The molecule has 2 rings (SSSR count). The number of carbonyl (C=O) groups is 1. The number of nitrogens with one attached hydrogen (secondary N) is 1. The summed E-state index contributed by atoms with van der Waals surface area (Å²) in [6.45, 7) is 5.00. The predicted octanol–water partition coefficient (Wildman–Crippen LogP) is 0.390. The van der Waals surface area contributed by atoms with E-state index in [-0.39, 0.29) is 19.0 Å². The summed E-state index contributed by atoms with van der Waals surface area (Å²) < 4.78 is 0. The summed E-state index contributed by atoms with van der Waals surface area (Å²) in [5.41, 5.74) is 2.06. The molecule has 0 radical (unpaired) electrons. The first-order chi connectivity index (χ1) is 9.52. The fourth-order valence-corrected chi connectivity index (χ4v) is 2.24. The van der Waals surface area contributed by atoms with Gasteiger partial charge in [-0.25, -0.2) is 0 Å². The van der Waals surface area contributed by atoms with Crippen molar-refractivity contribution in [3.8, 4) is 0 Å². The number of aliphatic hydroxyl groups is 2. The first-order valence-electron chi connectivity index (χ1n) is 6.88. The number of carbonyl (C=O) groups excluding carboxylic acids is 1. The Morgan fingerprint density at radius 3 is 2.70 bits per heavy atom. The van der Waals surface area contributed by atoms with E-state index in [1.165, 1.54) is 4.90 Å². The maximum atomic E-state index is 12.5. The molecule has 1 aliphatic heterocycles. The number of β-amino-alcohol motifs (C(OH)–C–C–N with tert-alkyl or cyclic N) is 2. The Hall–Kier alpha value is -1.66. The van der Waals surface area contributed by atoms with E-state index < -0.39 is 12.2 Å². The van der Waals surface area contributed by atoms with Gasteiger partial charge in [-0.2, -0.15) is 0 Å². The van der Waals surface area contributed by atoms with Gasteiger partial charge < -0.3 is 20.4 Å². The zero-order valence-electron chi connectivity index (χ0n) is 11.8. The number of likely N-dealkylation sites (tertiary alicyclic amines) is 1. The summed E-state index contributed by atoms with van der Waals surface area (Å²) in [5.74, 6) is -0.216. The Kier molecular flexibility index (Phi) is 4.57. The van der Waals surface area contributed by atoms with Crippen LogP contribution in [0.1, 0.15) is 29.4 Å². The van der Waals surface area contributed by atoms with Crippen molar-refractivity contribution in [3.05, 3.63) is 23.5 Å². The van der Waals surface area contributed by atoms with Gasteiger partial charge in [-0.1, -0.05) is 6.92 Å².